The van der Waals surface area contributed by atoms with E-state index >= 15 is 0 Å². The SMILES string of the molecule is COC(=O)[C@H](CO[Si](C)(C)C(C)(C)C)NC(=O)c1csc(-c2ccc(CNC(=O)CCCCCCl)cc2)n1. The highest BCUT2D eigenvalue weighted by Crippen LogP contribution is 2.36. The number of rotatable bonds is 14. The average molecular weight is 582 g/mol. The van der Waals surface area contributed by atoms with Gasteiger partial charge in [-0.15, -0.1) is 22.9 Å². The second kappa shape index (κ2) is 14.8. The molecule has 1 aromatic heterocycles. The second-order valence-electron chi connectivity index (χ2n) is 10.6. The first-order valence-electron chi connectivity index (χ1n) is 12.8. The number of aromatic nitrogens is 1. The Kier molecular flexibility index (Phi) is 12.4. The van der Waals surface area contributed by atoms with Gasteiger partial charge >= 0.3 is 5.97 Å². The smallest absolute Gasteiger partial charge is 0.330 e. The molecule has 0 bridgehead atoms. The van der Waals surface area contributed by atoms with Crippen LogP contribution in [0.2, 0.25) is 18.1 Å². The molecule has 0 aliphatic rings. The predicted molar refractivity (Wildman–Crippen MR) is 155 cm³/mol. The van der Waals surface area contributed by atoms with Gasteiger partial charge in [-0.3, -0.25) is 9.59 Å². The average Bonchev–Trinajstić information content (AvgIpc) is 3.37. The van der Waals surface area contributed by atoms with Crippen molar-refractivity contribution in [2.24, 2.45) is 0 Å². The first-order chi connectivity index (χ1) is 17.9. The largest absolute Gasteiger partial charge is 0.467 e. The van der Waals surface area contributed by atoms with Crippen LogP contribution in [-0.4, -0.2) is 56.7 Å². The molecule has 2 N–H and O–H groups in total. The minimum Gasteiger partial charge on any atom is -0.467 e. The number of esters is 1. The van der Waals surface area contributed by atoms with Gasteiger partial charge in [-0.05, 0) is 36.5 Å². The van der Waals surface area contributed by atoms with E-state index in [2.05, 4.69) is 49.5 Å². The number of thiazole rings is 1. The van der Waals surface area contributed by atoms with E-state index in [1.807, 2.05) is 24.3 Å². The van der Waals surface area contributed by atoms with Crippen molar-refractivity contribution in [3.63, 3.8) is 0 Å². The van der Waals surface area contributed by atoms with Gasteiger partial charge in [0.05, 0.1) is 13.7 Å². The Balaban J connectivity index is 1.96. The lowest BCUT2D eigenvalue weighted by Gasteiger charge is -2.37. The zero-order chi connectivity index (χ0) is 28.3. The number of unbranched alkanes of at least 4 members (excludes halogenated alkanes) is 2. The summed E-state index contributed by atoms with van der Waals surface area (Å²) in [5.41, 5.74) is 2.05. The molecule has 1 aromatic carbocycles. The van der Waals surface area contributed by atoms with E-state index in [1.165, 1.54) is 18.4 Å². The van der Waals surface area contributed by atoms with Crippen molar-refractivity contribution in [1.82, 2.24) is 15.6 Å². The molecule has 2 amide bonds. The van der Waals surface area contributed by atoms with Crippen molar-refractivity contribution in [2.45, 2.75) is 77.2 Å². The fourth-order valence-electron chi connectivity index (χ4n) is 3.17. The molecule has 0 aliphatic heterocycles. The number of carbonyl (C=O) groups excluding carboxylic acids is 3. The lowest BCUT2D eigenvalue weighted by molar-refractivity contribution is -0.143. The molecule has 1 heterocycles. The normalized spacial score (nSPS) is 12.6. The summed E-state index contributed by atoms with van der Waals surface area (Å²) in [6, 6.07) is 6.74. The van der Waals surface area contributed by atoms with Crippen LogP contribution in [-0.2, 0) is 25.3 Å². The van der Waals surface area contributed by atoms with Crippen molar-refractivity contribution >= 4 is 49.0 Å². The summed E-state index contributed by atoms with van der Waals surface area (Å²) in [6.07, 6.45) is 3.21. The third kappa shape index (κ3) is 9.80. The van der Waals surface area contributed by atoms with E-state index in [1.54, 1.807) is 5.38 Å². The monoisotopic (exact) mass is 581 g/mol. The Bertz CT molecular complexity index is 1070. The van der Waals surface area contributed by atoms with Crippen LogP contribution < -0.4 is 10.6 Å². The summed E-state index contributed by atoms with van der Waals surface area (Å²) in [7, 11) is -0.839. The summed E-state index contributed by atoms with van der Waals surface area (Å²) in [6.45, 7) is 11.0. The van der Waals surface area contributed by atoms with Crippen molar-refractivity contribution in [2.75, 3.05) is 19.6 Å². The minimum atomic E-state index is -2.12. The molecule has 210 valence electrons. The molecular formula is C27H40ClN3O5SSi. The number of hydrogen-bond acceptors (Lipinski definition) is 7. The minimum absolute atomic E-state index is 0.0270. The Morgan fingerprint density at radius 1 is 1.11 bits per heavy atom. The third-order valence-corrected chi connectivity index (χ3v) is 12.3. The standard InChI is InChI=1S/C27H40ClN3O5SSi/c1-27(2,3)38(5,6)36-17-21(26(34)35-4)30-24(33)22-18-37-25(31-22)20-13-11-19(12-14-20)16-29-23(32)10-8-7-9-15-28/h11-14,18,21H,7-10,15-17H2,1-6H3,(H,29,32)(H,30,33)/t21-/m0/s1. The molecule has 0 unspecified atom stereocenters. The van der Waals surface area contributed by atoms with Crippen LogP contribution >= 0.6 is 22.9 Å². The molecule has 8 nitrogen and oxygen atoms in total. The molecule has 0 saturated carbocycles. The number of amides is 2. The number of halogens is 1. The highest BCUT2D eigenvalue weighted by atomic mass is 35.5. The Hall–Kier alpha value is -2.27. The summed E-state index contributed by atoms with van der Waals surface area (Å²) >= 11 is 7.00. The molecule has 2 rings (SSSR count). The molecule has 0 saturated heterocycles. The zero-order valence-electron chi connectivity index (χ0n) is 23.2. The fraction of sp³-hybridized carbons (Fsp3) is 0.556. The van der Waals surface area contributed by atoms with E-state index in [0.29, 0.717) is 23.9 Å². The summed E-state index contributed by atoms with van der Waals surface area (Å²) in [5.74, 6) is -0.378. The first-order valence-corrected chi connectivity index (χ1v) is 17.1. The van der Waals surface area contributed by atoms with Crippen LogP contribution in [0.25, 0.3) is 10.6 Å². The van der Waals surface area contributed by atoms with Crippen LogP contribution in [0.3, 0.4) is 0 Å². The fourth-order valence-corrected chi connectivity index (χ4v) is 5.18. The van der Waals surface area contributed by atoms with Crippen LogP contribution in [0, 0.1) is 0 Å². The van der Waals surface area contributed by atoms with Gasteiger partial charge in [-0.2, -0.15) is 0 Å². The highest BCUT2D eigenvalue weighted by molar-refractivity contribution is 7.13. The van der Waals surface area contributed by atoms with Gasteiger partial charge in [-0.25, -0.2) is 9.78 Å². The number of ether oxygens (including phenoxy) is 1. The zero-order valence-corrected chi connectivity index (χ0v) is 25.8. The molecule has 0 fully saturated rings. The summed E-state index contributed by atoms with van der Waals surface area (Å²) < 4.78 is 11.0. The van der Waals surface area contributed by atoms with Crippen molar-refractivity contribution < 1.29 is 23.5 Å². The van der Waals surface area contributed by atoms with Crippen molar-refractivity contribution in [3.05, 3.63) is 40.9 Å². The van der Waals surface area contributed by atoms with E-state index in [9.17, 15) is 14.4 Å². The van der Waals surface area contributed by atoms with E-state index < -0.39 is 26.2 Å². The van der Waals surface area contributed by atoms with E-state index in [-0.39, 0.29) is 23.2 Å². The molecular weight excluding hydrogens is 542 g/mol. The first kappa shape index (κ1) is 31.9. The Morgan fingerprint density at radius 2 is 1.79 bits per heavy atom. The number of alkyl halides is 1. The number of carbonyl (C=O) groups is 3. The topological polar surface area (TPSA) is 107 Å². The molecule has 2 aromatic rings. The quantitative estimate of drug-likeness (QED) is 0.132. The summed E-state index contributed by atoms with van der Waals surface area (Å²) in [5, 5.41) is 7.94. The van der Waals surface area contributed by atoms with Gasteiger partial charge in [0.2, 0.25) is 5.91 Å². The van der Waals surface area contributed by atoms with Crippen molar-refractivity contribution in [1.29, 1.82) is 0 Å². The second-order valence-corrected chi connectivity index (χ2v) is 16.7. The Morgan fingerprint density at radius 3 is 2.39 bits per heavy atom. The van der Waals surface area contributed by atoms with E-state index in [0.717, 1.165) is 30.4 Å². The third-order valence-electron chi connectivity index (χ3n) is 6.67. The van der Waals surface area contributed by atoms with Crippen LogP contribution in [0.1, 0.15) is 62.5 Å². The van der Waals surface area contributed by atoms with Gasteiger partial charge in [0.25, 0.3) is 5.91 Å². The maximum absolute atomic E-state index is 12.9. The van der Waals surface area contributed by atoms with Crippen molar-refractivity contribution in [3.8, 4) is 10.6 Å². The van der Waals surface area contributed by atoms with Crippen LogP contribution in [0.5, 0.6) is 0 Å². The number of nitrogens with one attached hydrogen (secondary N) is 2. The van der Waals surface area contributed by atoms with Crippen LogP contribution in [0.15, 0.2) is 29.6 Å². The number of methoxy groups -OCH3 is 1. The van der Waals surface area contributed by atoms with Crippen LogP contribution in [0.4, 0.5) is 0 Å². The lowest BCUT2D eigenvalue weighted by atomic mass is 10.1. The van der Waals surface area contributed by atoms with Gasteiger partial charge in [0.15, 0.2) is 8.32 Å². The lowest BCUT2D eigenvalue weighted by Crippen LogP contribution is -2.49. The summed E-state index contributed by atoms with van der Waals surface area (Å²) in [4.78, 5) is 41.7. The molecule has 11 heteroatoms. The maximum atomic E-state index is 12.9. The van der Waals surface area contributed by atoms with Gasteiger partial charge < -0.3 is 19.8 Å². The maximum Gasteiger partial charge on any atom is 0.330 e. The molecule has 0 radical (unpaired) electrons. The number of benzene rings is 1. The predicted octanol–water partition coefficient (Wildman–Crippen LogP) is 5.52. The molecule has 0 aliphatic carbocycles. The molecule has 0 spiro atoms. The van der Waals surface area contributed by atoms with Gasteiger partial charge in [-0.1, -0.05) is 51.5 Å². The van der Waals surface area contributed by atoms with E-state index in [4.69, 9.17) is 20.8 Å². The number of nitrogens with zero attached hydrogens (tertiary/aromatic N) is 1. The molecule has 38 heavy (non-hydrogen) atoms. The van der Waals surface area contributed by atoms with Gasteiger partial charge in [0.1, 0.15) is 16.7 Å². The molecule has 1 atom stereocenters. The van der Waals surface area contributed by atoms with Gasteiger partial charge in [0, 0.05) is 29.8 Å². The highest BCUT2D eigenvalue weighted by Gasteiger charge is 2.38. The Labute approximate surface area is 236 Å². The number of hydrogen-bond donors (Lipinski definition) is 2.